The Kier molecular flexibility index (Phi) is 4.95. The lowest BCUT2D eigenvalue weighted by molar-refractivity contribution is -0.118. The number of aromatic nitrogens is 3. The molecule has 1 N–H and O–H groups in total. The van der Waals surface area contributed by atoms with E-state index in [2.05, 4.69) is 15.4 Å². The van der Waals surface area contributed by atoms with Crippen LogP contribution in [0, 0.1) is 0 Å². The fourth-order valence-corrected chi connectivity index (χ4v) is 2.08. The van der Waals surface area contributed by atoms with Crippen LogP contribution in [0.25, 0.3) is 11.3 Å². The zero-order valence-corrected chi connectivity index (χ0v) is 13.4. The molecule has 8 heteroatoms. The molecule has 0 unspecified atom stereocenters. The molecule has 1 aliphatic heterocycles. The second-order valence-electron chi connectivity index (χ2n) is 4.41. The van der Waals surface area contributed by atoms with Gasteiger partial charge in [-0.05, 0) is 12.1 Å². The maximum absolute atomic E-state index is 11.8. The molecule has 3 rings (SSSR count). The Morgan fingerprint density at radius 1 is 1.39 bits per heavy atom. The second-order valence-corrected chi connectivity index (χ2v) is 4.41. The van der Waals surface area contributed by atoms with E-state index in [-0.39, 0.29) is 12.5 Å². The lowest BCUT2D eigenvalue weighted by atomic mass is 10.1. The molecule has 3 heterocycles. The number of esters is 1. The van der Waals surface area contributed by atoms with Gasteiger partial charge in [0.25, 0.3) is 5.91 Å². The highest BCUT2D eigenvalue weighted by atomic mass is 16.5. The predicted octanol–water partition coefficient (Wildman–Crippen LogP) is 1.63. The average Bonchev–Trinajstić information content (AvgIpc) is 2.97. The van der Waals surface area contributed by atoms with E-state index in [1.165, 1.54) is 18.0 Å². The number of carbonyl (C=O) groups excluding carboxylic acids is 2. The zero-order valence-electron chi connectivity index (χ0n) is 13.4. The van der Waals surface area contributed by atoms with Crippen molar-refractivity contribution < 1.29 is 19.1 Å². The summed E-state index contributed by atoms with van der Waals surface area (Å²) in [6, 6.07) is 3.35. The Hall–Kier alpha value is -2.90. The van der Waals surface area contributed by atoms with Gasteiger partial charge in [-0.2, -0.15) is 5.10 Å². The minimum absolute atomic E-state index is 0.0830. The lowest BCUT2D eigenvalue weighted by Crippen LogP contribution is -2.26. The van der Waals surface area contributed by atoms with Crippen LogP contribution in [-0.2, 0) is 16.6 Å². The first kappa shape index (κ1) is 16.5. The number of hydrogen-bond donors (Lipinski definition) is 1. The number of methoxy groups -OCH3 is 1. The Bertz CT molecular complexity index is 739. The Morgan fingerprint density at radius 3 is 2.83 bits per heavy atom. The molecule has 23 heavy (non-hydrogen) atoms. The second kappa shape index (κ2) is 6.91. The summed E-state index contributed by atoms with van der Waals surface area (Å²) in [5.74, 6) is -0.417. The van der Waals surface area contributed by atoms with Gasteiger partial charge in [-0.25, -0.2) is 9.78 Å². The number of nitrogens with zero attached hydrogens (tertiary/aromatic N) is 3. The van der Waals surface area contributed by atoms with E-state index >= 15 is 0 Å². The molecule has 0 atom stereocenters. The van der Waals surface area contributed by atoms with Crippen molar-refractivity contribution in [1.29, 1.82) is 0 Å². The van der Waals surface area contributed by atoms with Gasteiger partial charge in [-0.1, -0.05) is 13.8 Å². The standard InChI is InChI=1S/C13H12N4O4.C2H6/c1-17-11(13(19)20-2)7(5-14-17)8-3-4-9-12(16-8)21-6-10(18)15-9;1-2/h3-5H,6H2,1-2H3,(H,15,18);1-2H3. The van der Waals surface area contributed by atoms with Crippen molar-refractivity contribution in [2.24, 2.45) is 7.05 Å². The number of fused-ring (bicyclic) bond motifs is 1. The van der Waals surface area contributed by atoms with Crippen LogP contribution in [0.4, 0.5) is 5.69 Å². The van der Waals surface area contributed by atoms with Gasteiger partial charge in [0.05, 0.1) is 24.6 Å². The number of hydrogen-bond acceptors (Lipinski definition) is 6. The Morgan fingerprint density at radius 2 is 2.13 bits per heavy atom. The molecule has 0 radical (unpaired) electrons. The molecule has 1 aliphatic rings. The quantitative estimate of drug-likeness (QED) is 0.846. The minimum atomic E-state index is -0.501. The Balaban J connectivity index is 0.000000924. The van der Waals surface area contributed by atoms with Gasteiger partial charge in [0, 0.05) is 7.05 Å². The van der Waals surface area contributed by atoms with Crippen molar-refractivity contribution in [2.45, 2.75) is 13.8 Å². The highest BCUT2D eigenvalue weighted by Gasteiger charge is 2.22. The molecule has 122 valence electrons. The third kappa shape index (κ3) is 3.15. The normalized spacial score (nSPS) is 12.3. The summed E-state index contributed by atoms with van der Waals surface area (Å²) in [5, 5.41) is 6.70. The van der Waals surface area contributed by atoms with Gasteiger partial charge < -0.3 is 14.8 Å². The van der Waals surface area contributed by atoms with Crippen molar-refractivity contribution in [3.63, 3.8) is 0 Å². The zero-order chi connectivity index (χ0) is 17.0. The van der Waals surface area contributed by atoms with Crippen LogP contribution in [0.15, 0.2) is 18.3 Å². The lowest BCUT2D eigenvalue weighted by Gasteiger charge is -2.17. The highest BCUT2D eigenvalue weighted by Crippen LogP contribution is 2.30. The average molecular weight is 318 g/mol. The van der Waals surface area contributed by atoms with Crippen LogP contribution in [-0.4, -0.2) is 40.4 Å². The molecule has 1 amide bonds. The first-order chi connectivity index (χ1) is 11.1. The number of amides is 1. The number of rotatable bonds is 2. The number of nitrogens with one attached hydrogen (secondary N) is 1. The molecule has 2 aromatic heterocycles. The summed E-state index contributed by atoms with van der Waals surface area (Å²) >= 11 is 0. The maximum atomic E-state index is 11.8. The molecule has 0 saturated carbocycles. The van der Waals surface area contributed by atoms with Crippen LogP contribution in [0.5, 0.6) is 5.88 Å². The van der Waals surface area contributed by atoms with Crippen molar-refractivity contribution in [1.82, 2.24) is 14.8 Å². The van der Waals surface area contributed by atoms with Gasteiger partial charge >= 0.3 is 5.97 Å². The fraction of sp³-hybridized carbons (Fsp3) is 0.333. The predicted molar refractivity (Wildman–Crippen MR) is 83.3 cm³/mol. The number of pyridine rings is 1. The van der Waals surface area contributed by atoms with Crippen molar-refractivity contribution in [3.05, 3.63) is 24.0 Å². The first-order valence-electron chi connectivity index (χ1n) is 7.14. The number of ether oxygens (including phenoxy) is 2. The SMILES string of the molecule is CC.COC(=O)c1c(-c2ccc3c(n2)OCC(=O)N3)cnn1C. The van der Waals surface area contributed by atoms with E-state index in [1.54, 1.807) is 19.2 Å². The number of carbonyl (C=O) groups is 2. The molecule has 0 fully saturated rings. The molecule has 0 bridgehead atoms. The van der Waals surface area contributed by atoms with E-state index in [4.69, 9.17) is 9.47 Å². The smallest absolute Gasteiger partial charge is 0.357 e. The molecule has 0 aliphatic carbocycles. The molecule has 2 aromatic rings. The van der Waals surface area contributed by atoms with E-state index < -0.39 is 5.97 Å². The van der Waals surface area contributed by atoms with E-state index in [0.29, 0.717) is 28.5 Å². The minimum Gasteiger partial charge on any atom is -0.466 e. The van der Waals surface area contributed by atoms with Crippen molar-refractivity contribution in [3.8, 4) is 17.1 Å². The summed E-state index contributed by atoms with van der Waals surface area (Å²) < 4.78 is 11.4. The van der Waals surface area contributed by atoms with Gasteiger partial charge in [0.1, 0.15) is 5.69 Å². The Labute approximate surface area is 133 Å². The van der Waals surface area contributed by atoms with E-state index in [1.807, 2.05) is 13.8 Å². The van der Waals surface area contributed by atoms with Crippen LogP contribution in [0.1, 0.15) is 24.3 Å². The monoisotopic (exact) mass is 318 g/mol. The summed E-state index contributed by atoms with van der Waals surface area (Å²) in [7, 11) is 2.95. The van der Waals surface area contributed by atoms with Gasteiger partial charge in [0.15, 0.2) is 12.3 Å². The van der Waals surface area contributed by atoms with Gasteiger partial charge in [0.2, 0.25) is 5.88 Å². The van der Waals surface area contributed by atoms with Crippen molar-refractivity contribution in [2.75, 3.05) is 19.0 Å². The van der Waals surface area contributed by atoms with Crippen LogP contribution >= 0.6 is 0 Å². The third-order valence-corrected chi connectivity index (χ3v) is 3.07. The topological polar surface area (TPSA) is 95.3 Å². The number of anilines is 1. The molecule has 8 nitrogen and oxygen atoms in total. The van der Waals surface area contributed by atoms with E-state index in [0.717, 1.165) is 0 Å². The van der Waals surface area contributed by atoms with Gasteiger partial charge in [-0.3, -0.25) is 9.48 Å². The first-order valence-corrected chi connectivity index (χ1v) is 7.14. The summed E-state index contributed by atoms with van der Waals surface area (Å²) in [5.41, 5.74) is 1.84. The van der Waals surface area contributed by atoms with Crippen LogP contribution in [0.2, 0.25) is 0 Å². The van der Waals surface area contributed by atoms with Crippen LogP contribution in [0.3, 0.4) is 0 Å². The number of aryl methyl sites for hydroxylation is 1. The largest absolute Gasteiger partial charge is 0.466 e. The van der Waals surface area contributed by atoms with Crippen LogP contribution < -0.4 is 10.1 Å². The molecule has 0 saturated heterocycles. The maximum Gasteiger partial charge on any atom is 0.357 e. The van der Waals surface area contributed by atoms with Gasteiger partial charge in [-0.15, -0.1) is 0 Å². The fourth-order valence-electron chi connectivity index (χ4n) is 2.08. The highest BCUT2D eigenvalue weighted by molar-refractivity contribution is 5.96. The van der Waals surface area contributed by atoms with E-state index in [9.17, 15) is 9.59 Å². The molecular formula is C15H18N4O4. The molecular weight excluding hydrogens is 300 g/mol. The summed E-state index contributed by atoms with van der Waals surface area (Å²) in [4.78, 5) is 27.4. The summed E-state index contributed by atoms with van der Waals surface area (Å²) in [6.45, 7) is 3.92. The van der Waals surface area contributed by atoms with Crippen molar-refractivity contribution >= 4 is 17.6 Å². The molecule has 0 spiro atoms. The summed E-state index contributed by atoms with van der Waals surface area (Å²) in [6.07, 6.45) is 1.53. The third-order valence-electron chi connectivity index (χ3n) is 3.07. The molecule has 0 aromatic carbocycles.